The molecule has 3 nitrogen and oxygen atoms in total. The fourth-order valence-corrected chi connectivity index (χ4v) is 4.25. The van der Waals surface area contributed by atoms with Gasteiger partial charge >= 0.3 is 0 Å². The van der Waals surface area contributed by atoms with Gasteiger partial charge in [-0.3, -0.25) is 0 Å². The maximum Gasteiger partial charge on any atom is 0.196 e. The first-order chi connectivity index (χ1) is 15.5. The van der Waals surface area contributed by atoms with Crippen LogP contribution in [0.15, 0.2) is 46.3 Å². The first-order valence-corrected chi connectivity index (χ1v) is 12.5. The Morgan fingerprint density at radius 3 is 2.34 bits per heavy atom. The number of rotatable bonds is 9. The van der Waals surface area contributed by atoms with Crippen molar-refractivity contribution in [2.45, 2.75) is 104 Å². The van der Waals surface area contributed by atoms with E-state index in [-0.39, 0.29) is 11.9 Å². The molecule has 3 rings (SSSR count). The van der Waals surface area contributed by atoms with E-state index in [9.17, 15) is 8.78 Å². The van der Waals surface area contributed by atoms with Crippen molar-refractivity contribution in [3.05, 3.63) is 46.3 Å². The summed E-state index contributed by atoms with van der Waals surface area (Å²) in [5.74, 6) is -1.51. The van der Waals surface area contributed by atoms with Crippen molar-refractivity contribution in [3.8, 4) is 0 Å². The molecule has 0 aromatic heterocycles. The average molecular weight is 453 g/mol. The van der Waals surface area contributed by atoms with Gasteiger partial charge in [0.05, 0.1) is 32.5 Å². The van der Waals surface area contributed by atoms with Gasteiger partial charge in [0.15, 0.2) is 11.7 Å². The SMILES string of the molecule is CCC.CCCCCC1CCC(OCC2=CC=C(C3=C(F)C(F)=C(OC)CC3)CC2)CO1. The molecule has 0 N–H and O–H groups in total. The molecule has 2 aliphatic carbocycles. The zero-order valence-corrected chi connectivity index (χ0v) is 20.5. The second-order valence-electron chi connectivity index (χ2n) is 8.92. The molecule has 0 saturated carbocycles. The topological polar surface area (TPSA) is 27.7 Å². The lowest BCUT2D eigenvalue weighted by atomic mass is 9.88. The first-order valence-electron chi connectivity index (χ1n) is 12.5. The van der Waals surface area contributed by atoms with Crippen molar-refractivity contribution in [3.63, 3.8) is 0 Å². The Balaban J connectivity index is 0.00000114. The Labute approximate surface area is 193 Å². The van der Waals surface area contributed by atoms with Crippen LogP contribution in [0, 0.1) is 0 Å². The molecule has 5 heteroatoms. The van der Waals surface area contributed by atoms with Gasteiger partial charge in [-0.1, -0.05) is 58.6 Å². The Morgan fingerprint density at radius 2 is 1.75 bits per heavy atom. The summed E-state index contributed by atoms with van der Waals surface area (Å²) in [6.07, 6.45) is 15.2. The zero-order valence-electron chi connectivity index (χ0n) is 20.5. The Kier molecular flexibility index (Phi) is 12.3. The molecule has 1 fully saturated rings. The van der Waals surface area contributed by atoms with E-state index in [1.165, 1.54) is 38.4 Å². The number of halogens is 2. The lowest BCUT2D eigenvalue weighted by Crippen LogP contribution is -2.32. The summed E-state index contributed by atoms with van der Waals surface area (Å²) in [4.78, 5) is 0. The van der Waals surface area contributed by atoms with Crippen LogP contribution in [0.4, 0.5) is 8.78 Å². The molecule has 1 saturated heterocycles. The molecular formula is C27H42F2O3. The van der Waals surface area contributed by atoms with Gasteiger partial charge in [-0.25, -0.2) is 8.78 Å². The van der Waals surface area contributed by atoms with Gasteiger partial charge in [-0.15, -0.1) is 0 Å². The van der Waals surface area contributed by atoms with E-state index in [1.807, 2.05) is 12.2 Å². The van der Waals surface area contributed by atoms with Crippen molar-refractivity contribution in [1.82, 2.24) is 0 Å². The number of ether oxygens (including phenoxy) is 3. The molecule has 3 aliphatic rings. The second kappa shape index (κ2) is 14.6. The third-order valence-electron chi connectivity index (χ3n) is 6.14. The largest absolute Gasteiger partial charge is 0.498 e. The van der Waals surface area contributed by atoms with Crippen LogP contribution in [0.1, 0.15) is 91.4 Å². The lowest BCUT2D eigenvalue weighted by Gasteiger charge is -2.29. The maximum atomic E-state index is 14.3. The third kappa shape index (κ3) is 8.15. The van der Waals surface area contributed by atoms with Crippen LogP contribution in [0.5, 0.6) is 0 Å². The van der Waals surface area contributed by atoms with E-state index in [0.29, 0.717) is 44.2 Å². The molecule has 32 heavy (non-hydrogen) atoms. The highest BCUT2D eigenvalue weighted by atomic mass is 19.2. The number of allylic oxidation sites excluding steroid dienone is 7. The molecule has 1 heterocycles. The molecule has 182 valence electrons. The minimum Gasteiger partial charge on any atom is -0.498 e. The van der Waals surface area contributed by atoms with Gasteiger partial charge in [0.25, 0.3) is 0 Å². The van der Waals surface area contributed by atoms with E-state index in [1.54, 1.807) is 0 Å². The van der Waals surface area contributed by atoms with Crippen LogP contribution in [-0.4, -0.2) is 32.5 Å². The molecular weight excluding hydrogens is 410 g/mol. The standard InChI is InChI=1S/C24H34F2O3.C3H8/c1-3-4-5-6-19-11-12-20(16-29-19)28-15-17-7-9-18(10-8-17)21-13-14-22(27-2)24(26)23(21)25;1-3-2/h7,9,19-20H,3-6,8,10-16H2,1-2H3;3H2,1-2H3. The minimum absolute atomic E-state index is 0.106. The van der Waals surface area contributed by atoms with Crippen LogP contribution in [-0.2, 0) is 14.2 Å². The number of unbranched alkanes of at least 4 members (excludes halogenated alkanes) is 2. The van der Waals surface area contributed by atoms with Crippen molar-refractivity contribution < 1.29 is 23.0 Å². The van der Waals surface area contributed by atoms with Crippen molar-refractivity contribution in [1.29, 1.82) is 0 Å². The molecule has 0 radical (unpaired) electrons. The first kappa shape index (κ1) is 26.8. The summed E-state index contributed by atoms with van der Waals surface area (Å²) < 4.78 is 45.3. The fraction of sp³-hybridized carbons (Fsp3) is 0.704. The third-order valence-corrected chi connectivity index (χ3v) is 6.14. The van der Waals surface area contributed by atoms with Gasteiger partial charge in [0, 0.05) is 6.42 Å². The van der Waals surface area contributed by atoms with Gasteiger partial charge in [0.1, 0.15) is 5.76 Å². The summed E-state index contributed by atoms with van der Waals surface area (Å²) in [6.45, 7) is 7.73. The Bertz CT molecular complexity index is 698. The molecule has 0 spiro atoms. The van der Waals surface area contributed by atoms with E-state index < -0.39 is 11.7 Å². The van der Waals surface area contributed by atoms with Crippen molar-refractivity contribution in [2.75, 3.05) is 20.3 Å². The highest BCUT2D eigenvalue weighted by Gasteiger charge is 2.26. The molecule has 0 aromatic rings. The number of methoxy groups -OCH3 is 1. The summed E-state index contributed by atoms with van der Waals surface area (Å²) in [5.41, 5.74) is 2.56. The monoisotopic (exact) mass is 452 g/mol. The molecule has 2 atom stereocenters. The minimum atomic E-state index is -0.849. The Hall–Kier alpha value is -1.46. The molecule has 1 aliphatic heterocycles. The van der Waals surface area contributed by atoms with Crippen LogP contribution >= 0.6 is 0 Å². The lowest BCUT2D eigenvalue weighted by molar-refractivity contribution is -0.0831. The summed E-state index contributed by atoms with van der Waals surface area (Å²) in [6, 6.07) is 0. The highest BCUT2D eigenvalue weighted by Crippen LogP contribution is 2.38. The van der Waals surface area contributed by atoms with Crippen LogP contribution in [0.3, 0.4) is 0 Å². The molecule has 0 aromatic carbocycles. The van der Waals surface area contributed by atoms with E-state index in [4.69, 9.17) is 14.2 Å². The number of hydrogen-bond acceptors (Lipinski definition) is 3. The quantitative estimate of drug-likeness (QED) is 0.331. The second-order valence-corrected chi connectivity index (χ2v) is 8.92. The normalized spacial score (nSPS) is 23.9. The predicted molar refractivity (Wildman–Crippen MR) is 127 cm³/mol. The fourth-order valence-electron chi connectivity index (χ4n) is 4.25. The van der Waals surface area contributed by atoms with Gasteiger partial charge in [0.2, 0.25) is 0 Å². The average Bonchev–Trinajstić information content (AvgIpc) is 2.81. The zero-order chi connectivity index (χ0) is 23.3. The van der Waals surface area contributed by atoms with E-state index >= 15 is 0 Å². The molecule has 2 unspecified atom stereocenters. The molecule has 0 bridgehead atoms. The predicted octanol–water partition coefficient (Wildman–Crippen LogP) is 8.04. The van der Waals surface area contributed by atoms with E-state index in [0.717, 1.165) is 31.3 Å². The van der Waals surface area contributed by atoms with E-state index in [2.05, 4.69) is 20.8 Å². The summed E-state index contributed by atoms with van der Waals surface area (Å²) in [5, 5.41) is 0. The van der Waals surface area contributed by atoms with Crippen LogP contribution in [0.2, 0.25) is 0 Å². The van der Waals surface area contributed by atoms with Gasteiger partial charge < -0.3 is 14.2 Å². The highest BCUT2D eigenvalue weighted by molar-refractivity contribution is 5.46. The maximum absolute atomic E-state index is 14.3. The van der Waals surface area contributed by atoms with Gasteiger partial charge in [-0.2, -0.15) is 0 Å². The Morgan fingerprint density at radius 1 is 0.969 bits per heavy atom. The summed E-state index contributed by atoms with van der Waals surface area (Å²) in [7, 11) is 1.38. The van der Waals surface area contributed by atoms with Crippen LogP contribution in [0.25, 0.3) is 0 Å². The summed E-state index contributed by atoms with van der Waals surface area (Å²) >= 11 is 0. The molecule has 0 amide bonds. The van der Waals surface area contributed by atoms with Crippen LogP contribution < -0.4 is 0 Å². The smallest absolute Gasteiger partial charge is 0.196 e. The van der Waals surface area contributed by atoms with Crippen molar-refractivity contribution >= 4 is 0 Å². The number of hydrogen-bond donors (Lipinski definition) is 0. The van der Waals surface area contributed by atoms with Crippen molar-refractivity contribution in [2.24, 2.45) is 0 Å². The van der Waals surface area contributed by atoms with Gasteiger partial charge in [-0.05, 0) is 55.2 Å².